The first kappa shape index (κ1) is 14.8. The number of likely N-dealkylation sites (tertiary alicyclic amines) is 1. The van der Waals surface area contributed by atoms with Gasteiger partial charge >= 0.3 is 0 Å². The molecule has 0 radical (unpaired) electrons. The van der Waals surface area contributed by atoms with E-state index in [1.54, 1.807) is 6.92 Å². The first-order chi connectivity index (χ1) is 10.7. The lowest BCUT2D eigenvalue weighted by atomic mass is 9.90. The van der Waals surface area contributed by atoms with Crippen molar-refractivity contribution in [3.8, 4) is 0 Å². The second kappa shape index (κ2) is 6.75. The van der Waals surface area contributed by atoms with Crippen molar-refractivity contribution < 1.29 is 4.79 Å². The molecule has 1 N–H and O–H groups in total. The van der Waals surface area contributed by atoms with Crippen molar-refractivity contribution in [3.05, 3.63) is 71.8 Å². The molecule has 0 atom stereocenters. The highest BCUT2D eigenvalue weighted by atomic mass is 16.1. The molecule has 1 fully saturated rings. The smallest absolute Gasteiger partial charge is 0.216 e. The summed E-state index contributed by atoms with van der Waals surface area (Å²) in [4.78, 5) is 13.5. The van der Waals surface area contributed by atoms with Gasteiger partial charge in [0.1, 0.15) is 0 Å². The van der Waals surface area contributed by atoms with Crippen LogP contribution >= 0.6 is 0 Å². The Labute approximate surface area is 132 Å². The second-order valence-electron chi connectivity index (χ2n) is 5.98. The molecule has 3 nitrogen and oxygen atoms in total. The normalized spacial score (nSPS) is 15.5. The highest BCUT2D eigenvalue weighted by Crippen LogP contribution is 2.33. The number of hydrogen-bond donors (Lipinski definition) is 1. The maximum atomic E-state index is 11.0. The fraction of sp³-hybridized carbons (Fsp3) is 0.316. The number of carbonyl (C=O) groups is 1. The standard InChI is InChI=1S/C19H22N2O/c1-15(22)20-12-16-13-21(14-16)19(17-8-4-2-5-9-17)18-10-6-3-7-11-18/h2-11,16,19H,12-14H2,1H3,(H,20,22). The zero-order valence-electron chi connectivity index (χ0n) is 12.9. The minimum absolute atomic E-state index is 0.0566. The average Bonchev–Trinajstić information content (AvgIpc) is 2.51. The van der Waals surface area contributed by atoms with E-state index < -0.39 is 0 Å². The quantitative estimate of drug-likeness (QED) is 0.919. The van der Waals surface area contributed by atoms with Crippen LogP contribution in [0.15, 0.2) is 60.7 Å². The number of hydrogen-bond acceptors (Lipinski definition) is 2. The summed E-state index contributed by atoms with van der Waals surface area (Å²) in [7, 11) is 0. The molecule has 1 heterocycles. The molecular weight excluding hydrogens is 272 g/mol. The summed E-state index contributed by atoms with van der Waals surface area (Å²) in [5.74, 6) is 0.611. The molecule has 1 aliphatic heterocycles. The van der Waals surface area contributed by atoms with Gasteiger partial charge in [0, 0.05) is 32.5 Å². The molecule has 1 aliphatic rings. The van der Waals surface area contributed by atoms with Gasteiger partial charge in [0.25, 0.3) is 0 Å². The maximum Gasteiger partial charge on any atom is 0.216 e. The largest absolute Gasteiger partial charge is 0.356 e. The van der Waals surface area contributed by atoms with Crippen molar-refractivity contribution in [1.82, 2.24) is 10.2 Å². The van der Waals surface area contributed by atoms with E-state index in [2.05, 4.69) is 70.9 Å². The molecule has 3 heteroatoms. The highest BCUT2D eigenvalue weighted by Gasteiger charge is 2.33. The minimum Gasteiger partial charge on any atom is -0.356 e. The van der Waals surface area contributed by atoms with Gasteiger partial charge in [-0.1, -0.05) is 60.7 Å². The Bertz CT molecular complexity index is 566. The maximum absolute atomic E-state index is 11.0. The Morgan fingerprint density at radius 2 is 1.55 bits per heavy atom. The van der Waals surface area contributed by atoms with E-state index in [9.17, 15) is 4.79 Å². The lowest BCUT2D eigenvalue weighted by Crippen LogP contribution is -2.52. The van der Waals surface area contributed by atoms with Crippen LogP contribution in [0.5, 0.6) is 0 Å². The Kier molecular flexibility index (Phi) is 4.54. The molecule has 0 saturated carbocycles. The van der Waals surface area contributed by atoms with Crippen molar-refractivity contribution in [3.63, 3.8) is 0 Å². The Morgan fingerprint density at radius 3 is 2.00 bits per heavy atom. The number of nitrogens with one attached hydrogen (secondary N) is 1. The summed E-state index contributed by atoms with van der Waals surface area (Å²) in [6.45, 7) is 4.40. The third-order valence-corrected chi connectivity index (χ3v) is 4.22. The van der Waals surface area contributed by atoms with Gasteiger partial charge in [0.15, 0.2) is 0 Å². The molecule has 0 spiro atoms. The average molecular weight is 294 g/mol. The van der Waals surface area contributed by atoms with Gasteiger partial charge < -0.3 is 5.32 Å². The van der Waals surface area contributed by atoms with Gasteiger partial charge in [-0.15, -0.1) is 0 Å². The number of rotatable bonds is 5. The van der Waals surface area contributed by atoms with Gasteiger partial charge in [0.2, 0.25) is 5.91 Å². The summed E-state index contributed by atoms with van der Waals surface area (Å²) < 4.78 is 0. The van der Waals surface area contributed by atoms with Crippen molar-refractivity contribution in [1.29, 1.82) is 0 Å². The van der Waals surface area contributed by atoms with Gasteiger partial charge in [-0.05, 0) is 11.1 Å². The van der Waals surface area contributed by atoms with Gasteiger partial charge in [0.05, 0.1) is 6.04 Å². The number of carbonyl (C=O) groups excluding carboxylic acids is 1. The van der Waals surface area contributed by atoms with Gasteiger partial charge in [-0.25, -0.2) is 0 Å². The van der Waals surface area contributed by atoms with Crippen molar-refractivity contribution in [2.75, 3.05) is 19.6 Å². The van der Waals surface area contributed by atoms with Crippen LogP contribution in [-0.4, -0.2) is 30.4 Å². The van der Waals surface area contributed by atoms with Crippen molar-refractivity contribution in [2.45, 2.75) is 13.0 Å². The van der Waals surface area contributed by atoms with Crippen LogP contribution < -0.4 is 5.32 Å². The molecule has 3 rings (SSSR count). The molecule has 1 saturated heterocycles. The first-order valence-electron chi connectivity index (χ1n) is 7.82. The zero-order chi connectivity index (χ0) is 15.4. The third-order valence-electron chi connectivity index (χ3n) is 4.22. The van der Waals surface area contributed by atoms with Gasteiger partial charge in [-0.3, -0.25) is 9.69 Å². The molecule has 0 aromatic heterocycles. The monoisotopic (exact) mass is 294 g/mol. The third kappa shape index (κ3) is 3.37. The summed E-state index contributed by atoms with van der Waals surface area (Å²) >= 11 is 0. The second-order valence-corrected chi connectivity index (χ2v) is 5.98. The van der Waals surface area contributed by atoms with Crippen LogP contribution in [0.4, 0.5) is 0 Å². The van der Waals surface area contributed by atoms with Crippen LogP contribution in [0.1, 0.15) is 24.1 Å². The fourth-order valence-corrected chi connectivity index (χ4v) is 3.12. The van der Waals surface area contributed by atoms with Crippen LogP contribution in [-0.2, 0) is 4.79 Å². The summed E-state index contributed by atoms with van der Waals surface area (Å²) in [5.41, 5.74) is 2.65. The van der Waals surface area contributed by atoms with Crippen LogP contribution in [0, 0.1) is 5.92 Å². The van der Waals surface area contributed by atoms with E-state index in [1.807, 2.05) is 0 Å². The topological polar surface area (TPSA) is 32.3 Å². The molecule has 0 unspecified atom stereocenters. The predicted molar refractivity (Wildman–Crippen MR) is 88.5 cm³/mol. The van der Waals surface area contributed by atoms with Crippen LogP contribution in [0.25, 0.3) is 0 Å². The SMILES string of the molecule is CC(=O)NCC1CN(C(c2ccccc2)c2ccccc2)C1. The van der Waals surface area contributed by atoms with E-state index in [1.165, 1.54) is 11.1 Å². The van der Waals surface area contributed by atoms with Gasteiger partial charge in [-0.2, -0.15) is 0 Å². The summed E-state index contributed by atoms with van der Waals surface area (Å²) in [6, 6.07) is 21.6. The molecule has 2 aromatic rings. The number of amides is 1. The summed E-state index contributed by atoms with van der Waals surface area (Å²) in [6.07, 6.45) is 0. The Hall–Kier alpha value is -2.13. The Morgan fingerprint density at radius 1 is 1.05 bits per heavy atom. The molecule has 1 amide bonds. The number of benzene rings is 2. The zero-order valence-corrected chi connectivity index (χ0v) is 12.9. The minimum atomic E-state index is 0.0566. The van der Waals surface area contributed by atoms with E-state index in [0.29, 0.717) is 12.0 Å². The van der Waals surface area contributed by atoms with E-state index >= 15 is 0 Å². The highest BCUT2D eigenvalue weighted by molar-refractivity contribution is 5.72. The van der Waals surface area contributed by atoms with Crippen LogP contribution in [0.2, 0.25) is 0 Å². The lowest BCUT2D eigenvalue weighted by molar-refractivity contribution is -0.119. The van der Waals surface area contributed by atoms with E-state index in [-0.39, 0.29) is 5.91 Å². The Balaban J connectivity index is 1.73. The van der Waals surface area contributed by atoms with Crippen LogP contribution in [0.3, 0.4) is 0 Å². The molecule has 2 aromatic carbocycles. The molecule has 22 heavy (non-hydrogen) atoms. The van der Waals surface area contributed by atoms with Crippen molar-refractivity contribution in [2.24, 2.45) is 5.92 Å². The predicted octanol–water partition coefficient (Wildman–Crippen LogP) is 2.84. The molecule has 0 bridgehead atoms. The summed E-state index contributed by atoms with van der Waals surface area (Å²) in [5, 5.41) is 2.92. The van der Waals surface area contributed by atoms with E-state index in [0.717, 1.165) is 19.6 Å². The molecule has 0 aliphatic carbocycles. The molecular formula is C19H22N2O. The number of nitrogens with zero attached hydrogens (tertiary/aromatic N) is 1. The fourth-order valence-electron chi connectivity index (χ4n) is 3.12. The molecule has 114 valence electrons. The van der Waals surface area contributed by atoms with E-state index in [4.69, 9.17) is 0 Å². The first-order valence-corrected chi connectivity index (χ1v) is 7.82. The van der Waals surface area contributed by atoms with Crippen molar-refractivity contribution >= 4 is 5.91 Å². The lowest BCUT2D eigenvalue weighted by Gasteiger charge is -2.45.